The van der Waals surface area contributed by atoms with Crippen LogP contribution in [-0.4, -0.2) is 39.5 Å². The van der Waals surface area contributed by atoms with Crippen LogP contribution in [0.1, 0.15) is 20.3 Å². The molecule has 0 spiro atoms. The fraction of sp³-hybridized carbons (Fsp3) is 1.00. The highest BCUT2D eigenvalue weighted by atomic mass is 16.5. The van der Waals surface area contributed by atoms with E-state index in [4.69, 9.17) is 9.47 Å². The Morgan fingerprint density at radius 2 is 2.15 bits per heavy atom. The minimum absolute atomic E-state index is 0.380. The molecule has 0 aromatic heterocycles. The molecule has 0 unspecified atom stereocenters. The molecule has 3 nitrogen and oxygen atoms in total. The van der Waals surface area contributed by atoms with Gasteiger partial charge in [-0.15, -0.1) is 0 Å². The lowest BCUT2D eigenvalue weighted by atomic mass is 9.89. The maximum atomic E-state index is 5.36. The van der Waals surface area contributed by atoms with Gasteiger partial charge in [0.15, 0.2) is 0 Å². The Bertz CT molecular complexity index is 135. The van der Waals surface area contributed by atoms with E-state index in [0.29, 0.717) is 5.41 Å². The van der Waals surface area contributed by atoms with E-state index in [1.165, 1.54) is 0 Å². The van der Waals surface area contributed by atoms with Gasteiger partial charge >= 0.3 is 0 Å². The van der Waals surface area contributed by atoms with Crippen molar-refractivity contribution in [2.45, 2.75) is 20.3 Å². The van der Waals surface area contributed by atoms with Crippen molar-refractivity contribution in [1.82, 2.24) is 5.32 Å². The average Bonchev–Trinajstić information content (AvgIpc) is 2.08. The molecule has 3 heteroatoms. The van der Waals surface area contributed by atoms with Gasteiger partial charge in [0, 0.05) is 25.1 Å². The SMILES string of the molecule is CCCOCCNCC1(C)COC1. The molecule has 1 aliphatic rings. The summed E-state index contributed by atoms with van der Waals surface area (Å²) in [5.41, 5.74) is 0.380. The molecule has 78 valence electrons. The van der Waals surface area contributed by atoms with Crippen LogP contribution >= 0.6 is 0 Å². The zero-order valence-corrected chi connectivity index (χ0v) is 8.77. The van der Waals surface area contributed by atoms with Gasteiger partial charge in [0.05, 0.1) is 19.8 Å². The number of nitrogens with one attached hydrogen (secondary N) is 1. The Balaban J connectivity index is 1.83. The molecule has 1 saturated heterocycles. The second kappa shape index (κ2) is 5.58. The first-order valence-electron chi connectivity index (χ1n) is 5.13. The van der Waals surface area contributed by atoms with Crippen LogP contribution in [0, 0.1) is 5.41 Å². The van der Waals surface area contributed by atoms with Crippen molar-refractivity contribution < 1.29 is 9.47 Å². The lowest BCUT2D eigenvalue weighted by Gasteiger charge is -2.38. The van der Waals surface area contributed by atoms with Gasteiger partial charge in [-0.2, -0.15) is 0 Å². The zero-order chi connectivity index (χ0) is 9.57. The molecule has 0 aliphatic carbocycles. The molecule has 1 aliphatic heterocycles. The number of ether oxygens (including phenoxy) is 2. The standard InChI is InChI=1S/C10H21NO2/c1-3-5-12-6-4-11-7-10(2)8-13-9-10/h11H,3-9H2,1-2H3. The van der Waals surface area contributed by atoms with E-state index in [0.717, 1.165) is 45.9 Å². The molecule has 1 heterocycles. The predicted molar refractivity (Wildman–Crippen MR) is 52.9 cm³/mol. The summed E-state index contributed by atoms with van der Waals surface area (Å²) >= 11 is 0. The zero-order valence-electron chi connectivity index (χ0n) is 8.77. The Kier molecular flexibility index (Phi) is 4.70. The van der Waals surface area contributed by atoms with Crippen molar-refractivity contribution >= 4 is 0 Å². The highest BCUT2D eigenvalue weighted by Gasteiger charge is 2.32. The highest BCUT2D eigenvalue weighted by molar-refractivity contribution is 4.82. The molecule has 1 N–H and O–H groups in total. The van der Waals surface area contributed by atoms with Crippen LogP contribution in [0.25, 0.3) is 0 Å². The van der Waals surface area contributed by atoms with Gasteiger partial charge in [0.1, 0.15) is 0 Å². The van der Waals surface area contributed by atoms with E-state index < -0.39 is 0 Å². The monoisotopic (exact) mass is 187 g/mol. The first-order valence-corrected chi connectivity index (χ1v) is 5.13. The van der Waals surface area contributed by atoms with Crippen LogP contribution in [-0.2, 0) is 9.47 Å². The molecule has 1 fully saturated rings. The lowest BCUT2D eigenvalue weighted by molar-refractivity contribution is -0.0993. The first-order chi connectivity index (χ1) is 6.27. The Morgan fingerprint density at radius 3 is 2.69 bits per heavy atom. The molecule has 0 bridgehead atoms. The van der Waals surface area contributed by atoms with Gasteiger partial charge in [0.25, 0.3) is 0 Å². The highest BCUT2D eigenvalue weighted by Crippen LogP contribution is 2.24. The van der Waals surface area contributed by atoms with Crippen molar-refractivity contribution in [3.63, 3.8) is 0 Å². The van der Waals surface area contributed by atoms with E-state index in [1.54, 1.807) is 0 Å². The average molecular weight is 187 g/mol. The van der Waals surface area contributed by atoms with Gasteiger partial charge in [0.2, 0.25) is 0 Å². The molecule has 1 rings (SSSR count). The summed E-state index contributed by atoms with van der Waals surface area (Å²) in [7, 11) is 0. The lowest BCUT2D eigenvalue weighted by Crippen LogP contribution is -2.47. The third kappa shape index (κ3) is 4.07. The Morgan fingerprint density at radius 1 is 1.38 bits per heavy atom. The molecular weight excluding hydrogens is 166 g/mol. The number of hydrogen-bond donors (Lipinski definition) is 1. The summed E-state index contributed by atoms with van der Waals surface area (Å²) in [5.74, 6) is 0. The van der Waals surface area contributed by atoms with Crippen LogP contribution in [0.5, 0.6) is 0 Å². The molecule has 0 aromatic rings. The summed E-state index contributed by atoms with van der Waals surface area (Å²) in [4.78, 5) is 0. The van der Waals surface area contributed by atoms with Crippen LogP contribution in [0.4, 0.5) is 0 Å². The molecule has 0 aromatic carbocycles. The molecule has 0 radical (unpaired) electrons. The fourth-order valence-electron chi connectivity index (χ4n) is 1.33. The summed E-state index contributed by atoms with van der Waals surface area (Å²) in [5, 5.41) is 3.38. The van der Waals surface area contributed by atoms with Gasteiger partial charge in [-0.1, -0.05) is 13.8 Å². The van der Waals surface area contributed by atoms with Gasteiger partial charge in [-0.25, -0.2) is 0 Å². The fourth-order valence-corrected chi connectivity index (χ4v) is 1.33. The van der Waals surface area contributed by atoms with E-state index in [9.17, 15) is 0 Å². The third-order valence-corrected chi connectivity index (χ3v) is 2.22. The molecule has 0 atom stereocenters. The second-order valence-electron chi connectivity index (χ2n) is 4.09. The maximum absolute atomic E-state index is 5.36. The molecule has 0 amide bonds. The van der Waals surface area contributed by atoms with Crippen LogP contribution in [0.2, 0.25) is 0 Å². The van der Waals surface area contributed by atoms with Crippen molar-refractivity contribution in [2.75, 3.05) is 39.5 Å². The van der Waals surface area contributed by atoms with Crippen molar-refractivity contribution in [3.8, 4) is 0 Å². The first kappa shape index (κ1) is 11.0. The molecule has 13 heavy (non-hydrogen) atoms. The topological polar surface area (TPSA) is 30.5 Å². The van der Waals surface area contributed by atoms with Gasteiger partial charge in [-0.05, 0) is 6.42 Å². The van der Waals surface area contributed by atoms with Crippen molar-refractivity contribution in [3.05, 3.63) is 0 Å². The largest absolute Gasteiger partial charge is 0.380 e. The normalized spacial score (nSPS) is 19.8. The van der Waals surface area contributed by atoms with Crippen LogP contribution < -0.4 is 5.32 Å². The molecular formula is C10H21NO2. The summed E-state index contributed by atoms with van der Waals surface area (Å²) < 4.78 is 10.5. The maximum Gasteiger partial charge on any atom is 0.0590 e. The summed E-state index contributed by atoms with van der Waals surface area (Å²) in [6.45, 7) is 9.87. The van der Waals surface area contributed by atoms with E-state index in [1.807, 2.05) is 0 Å². The van der Waals surface area contributed by atoms with Gasteiger partial charge < -0.3 is 14.8 Å². The van der Waals surface area contributed by atoms with E-state index >= 15 is 0 Å². The second-order valence-corrected chi connectivity index (χ2v) is 4.09. The van der Waals surface area contributed by atoms with Gasteiger partial charge in [-0.3, -0.25) is 0 Å². The smallest absolute Gasteiger partial charge is 0.0590 e. The van der Waals surface area contributed by atoms with Crippen LogP contribution in [0.3, 0.4) is 0 Å². The number of rotatable bonds is 7. The van der Waals surface area contributed by atoms with Crippen molar-refractivity contribution in [2.24, 2.45) is 5.41 Å². The quantitative estimate of drug-likeness (QED) is 0.604. The van der Waals surface area contributed by atoms with Crippen molar-refractivity contribution in [1.29, 1.82) is 0 Å². The number of hydrogen-bond acceptors (Lipinski definition) is 3. The Hall–Kier alpha value is -0.120. The summed E-state index contributed by atoms with van der Waals surface area (Å²) in [6, 6.07) is 0. The summed E-state index contributed by atoms with van der Waals surface area (Å²) in [6.07, 6.45) is 1.10. The van der Waals surface area contributed by atoms with E-state index in [-0.39, 0.29) is 0 Å². The van der Waals surface area contributed by atoms with E-state index in [2.05, 4.69) is 19.2 Å². The predicted octanol–water partition coefficient (Wildman–Crippen LogP) is 1.04. The third-order valence-electron chi connectivity index (χ3n) is 2.22. The Labute approximate surface area is 80.8 Å². The minimum Gasteiger partial charge on any atom is -0.380 e. The molecule has 0 saturated carbocycles. The minimum atomic E-state index is 0.380. The van der Waals surface area contributed by atoms with Crippen LogP contribution in [0.15, 0.2) is 0 Å².